The maximum absolute atomic E-state index is 13.2. The van der Waals surface area contributed by atoms with Crippen molar-refractivity contribution in [3.63, 3.8) is 0 Å². The molecule has 1 aromatic rings. The van der Waals surface area contributed by atoms with Gasteiger partial charge >= 0.3 is 5.97 Å². The van der Waals surface area contributed by atoms with Crippen LogP contribution in [0.4, 0.5) is 0 Å². The molecule has 310 valence electrons. The van der Waals surface area contributed by atoms with E-state index in [0.29, 0.717) is 37.4 Å². The van der Waals surface area contributed by atoms with Crippen LogP contribution in [-0.2, 0) is 28.6 Å². The van der Waals surface area contributed by atoms with Crippen LogP contribution >= 0.6 is 0 Å². The molecular formula is C45H64BrNO9. The predicted molar refractivity (Wildman–Crippen MR) is 206 cm³/mol. The molecular weight excluding hydrogens is 778 g/mol. The number of hydrogen-bond donors (Lipinski definition) is 3. The lowest BCUT2D eigenvalue weighted by Crippen LogP contribution is -3.00. The Labute approximate surface area is 343 Å². The highest BCUT2D eigenvalue weighted by Crippen LogP contribution is 2.69. The fraction of sp³-hybridized carbons (Fsp3) is 0.711. The summed E-state index contributed by atoms with van der Waals surface area (Å²) in [7, 11) is 2.37. The molecule has 11 heteroatoms. The molecule has 0 aromatic heterocycles. The van der Waals surface area contributed by atoms with Gasteiger partial charge in [0, 0.05) is 42.4 Å². The highest BCUT2D eigenvalue weighted by atomic mass is 79.9. The Kier molecular flexibility index (Phi) is 12.7. The standard InChI is InChI=1S/C25H34O6.C20H30NO3.BrH/c1-4-5-21-30-20-11-17-16-7-6-14-10-15(27)8-9-23(14,2)22(16)18(28)12-24(17,3)25(20,31-21)19(29)13-26;1-14(2)21(3)16-9-10-17(21)12-18(11-16)24-20(23)19(13-22)15-7-5-4-6-8-15;/h8-10,16-18,20-22,26,28H,4-7,11-13H2,1-3H3;4-8,14,16-19,22H,9-13H2,1-3H3;1H/q;+1;/p-1/t16-,17-,18-,20+,21+,22+,23-,24-,25+;16-,17+,18+,19?,21?;/m0../s1. The van der Waals surface area contributed by atoms with Crippen molar-refractivity contribution in [1.29, 1.82) is 0 Å². The maximum Gasteiger partial charge on any atom is 0.316 e. The summed E-state index contributed by atoms with van der Waals surface area (Å²) in [6, 6.07) is 11.2. The second-order valence-corrected chi connectivity index (χ2v) is 18.6. The topological polar surface area (TPSA) is 140 Å². The molecule has 6 fully saturated rings. The number of benzene rings is 1. The Morgan fingerprint density at radius 1 is 1.04 bits per heavy atom. The number of Topliss-reactive ketones (excluding diaryl/α,β-unsaturated/α-hetero) is 1. The number of nitrogens with zero attached hydrogens (tertiary/aromatic N) is 1. The summed E-state index contributed by atoms with van der Waals surface area (Å²) in [6.07, 6.45) is 12.7. The van der Waals surface area contributed by atoms with Gasteiger partial charge in [0.2, 0.25) is 0 Å². The number of carbonyl (C=O) groups excluding carboxylic acids is 3. The van der Waals surface area contributed by atoms with Crippen molar-refractivity contribution >= 4 is 17.5 Å². The minimum Gasteiger partial charge on any atom is -1.00 e. The molecule has 0 spiro atoms. The molecule has 7 aliphatic rings. The van der Waals surface area contributed by atoms with Gasteiger partial charge in [-0.25, -0.2) is 0 Å². The molecule has 1 aromatic carbocycles. The number of aliphatic hydroxyl groups excluding tert-OH is 3. The monoisotopic (exact) mass is 841 g/mol. The number of esters is 1. The summed E-state index contributed by atoms with van der Waals surface area (Å²) in [5, 5.41) is 31.1. The van der Waals surface area contributed by atoms with Crippen LogP contribution in [0.1, 0.15) is 110 Å². The van der Waals surface area contributed by atoms with E-state index in [2.05, 4.69) is 41.7 Å². The minimum absolute atomic E-state index is 0. The number of carbonyl (C=O) groups is 3. The van der Waals surface area contributed by atoms with Crippen LogP contribution in [-0.4, -0.2) is 106 Å². The van der Waals surface area contributed by atoms with Crippen LogP contribution in [0.25, 0.3) is 0 Å². The van der Waals surface area contributed by atoms with Gasteiger partial charge in [-0.15, -0.1) is 0 Å². The average Bonchev–Trinajstić information content (AvgIpc) is 3.68. The number of ketones is 2. The second-order valence-electron chi connectivity index (χ2n) is 18.6. The molecule has 3 heterocycles. The summed E-state index contributed by atoms with van der Waals surface area (Å²) in [5.41, 5.74) is -0.221. The van der Waals surface area contributed by atoms with Crippen molar-refractivity contribution in [3.05, 3.63) is 59.7 Å². The van der Waals surface area contributed by atoms with Gasteiger partial charge in [0.05, 0.1) is 44.0 Å². The molecule has 10 nitrogen and oxygen atoms in total. The smallest absolute Gasteiger partial charge is 0.316 e. The maximum atomic E-state index is 13.2. The van der Waals surface area contributed by atoms with Crippen molar-refractivity contribution in [2.45, 2.75) is 153 Å². The Morgan fingerprint density at radius 3 is 2.32 bits per heavy atom. The summed E-state index contributed by atoms with van der Waals surface area (Å²) in [4.78, 5) is 37.8. The van der Waals surface area contributed by atoms with E-state index in [0.717, 1.165) is 47.7 Å². The van der Waals surface area contributed by atoms with Crippen molar-refractivity contribution in [2.24, 2.45) is 28.6 Å². The van der Waals surface area contributed by atoms with Crippen molar-refractivity contribution in [3.8, 4) is 0 Å². The molecule has 4 aliphatic carbocycles. The summed E-state index contributed by atoms with van der Waals surface area (Å²) < 4.78 is 19.6. The van der Waals surface area contributed by atoms with Gasteiger partial charge in [0.15, 0.2) is 23.5 Å². The fourth-order valence-electron chi connectivity index (χ4n) is 12.9. The third kappa shape index (κ3) is 6.82. The number of hydrogen-bond acceptors (Lipinski definition) is 9. The van der Waals surface area contributed by atoms with Gasteiger partial charge in [0.1, 0.15) is 18.6 Å². The molecule has 2 unspecified atom stereocenters. The van der Waals surface area contributed by atoms with Gasteiger partial charge in [0.25, 0.3) is 0 Å². The third-order valence-corrected chi connectivity index (χ3v) is 15.9. The van der Waals surface area contributed by atoms with Crippen LogP contribution in [0.15, 0.2) is 54.1 Å². The highest BCUT2D eigenvalue weighted by molar-refractivity contribution is 6.01. The molecule has 0 amide bonds. The summed E-state index contributed by atoms with van der Waals surface area (Å²) >= 11 is 0. The molecule has 56 heavy (non-hydrogen) atoms. The predicted octanol–water partition coefficient (Wildman–Crippen LogP) is 2.57. The average molecular weight is 843 g/mol. The van der Waals surface area contributed by atoms with Gasteiger partial charge in [-0.2, -0.15) is 0 Å². The van der Waals surface area contributed by atoms with Crippen molar-refractivity contribution in [2.75, 3.05) is 20.3 Å². The van der Waals surface area contributed by atoms with Gasteiger partial charge in [-0.3, -0.25) is 14.4 Å². The van der Waals surface area contributed by atoms with Crippen molar-refractivity contribution < 1.29 is 65.4 Å². The third-order valence-electron chi connectivity index (χ3n) is 15.9. The zero-order chi connectivity index (χ0) is 39.5. The van der Waals surface area contributed by atoms with Crippen LogP contribution in [0.2, 0.25) is 0 Å². The van der Waals surface area contributed by atoms with Gasteiger partial charge < -0.3 is 51.0 Å². The zero-order valence-corrected chi connectivity index (χ0v) is 35.7. The Balaban J connectivity index is 0.000000193. The molecule has 3 saturated heterocycles. The minimum atomic E-state index is -1.20. The lowest BCUT2D eigenvalue weighted by molar-refractivity contribution is -0.968. The van der Waals surface area contributed by atoms with Gasteiger partial charge in [-0.05, 0) is 75.5 Å². The lowest BCUT2D eigenvalue weighted by atomic mass is 9.46. The van der Waals surface area contributed by atoms with Gasteiger partial charge in [-0.1, -0.05) is 69.2 Å². The zero-order valence-electron chi connectivity index (χ0n) is 34.1. The molecule has 3 N–H and O–H groups in total. The van der Waals surface area contributed by atoms with E-state index in [4.69, 9.17) is 14.2 Å². The first kappa shape index (κ1) is 43.3. The van der Waals surface area contributed by atoms with Crippen LogP contribution in [0.5, 0.6) is 0 Å². The van der Waals surface area contributed by atoms with Crippen LogP contribution in [0.3, 0.4) is 0 Å². The Morgan fingerprint density at radius 2 is 1.71 bits per heavy atom. The number of piperidine rings is 1. The van der Waals surface area contributed by atoms with Crippen LogP contribution in [0, 0.1) is 28.6 Å². The quantitative estimate of drug-likeness (QED) is 0.253. The molecule has 0 radical (unpaired) electrons. The summed E-state index contributed by atoms with van der Waals surface area (Å²) in [5.74, 6) is -0.829. The summed E-state index contributed by atoms with van der Waals surface area (Å²) in [6.45, 7) is 10.1. The number of rotatable bonds is 9. The van der Waals surface area contributed by atoms with E-state index in [1.165, 1.54) is 12.8 Å². The number of halogens is 1. The van der Waals surface area contributed by atoms with E-state index >= 15 is 0 Å². The Bertz CT molecular complexity index is 1670. The normalized spacial score (nSPS) is 42.2. The number of ether oxygens (including phenoxy) is 3. The number of fused-ring (bicyclic) bond motifs is 9. The molecule has 8 rings (SSSR count). The first-order valence-electron chi connectivity index (χ1n) is 21.0. The SMILES string of the molecule is CC(C)[N+]1(C)[C@@H]2CC[C@H]1C[C@@H](OC(=O)C(CO)c1ccccc1)C2.CCC[C@@H]1O[C@@H]2C[C@H]3[C@@H]4CCC5=CC(=O)C=C[C@]5(C)[C@H]4[C@@H](O)C[C@]3(C)[C@]2(C(=O)CO)O1.[Br-]. The Hall–Kier alpha value is -2.25. The lowest BCUT2D eigenvalue weighted by Gasteiger charge is -2.59. The van der Waals surface area contributed by atoms with E-state index < -0.39 is 42.0 Å². The fourth-order valence-corrected chi connectivity index (χ4v) is 12.9. The van der Waals surface area contributed by atoms with E-state index in [-0.39, 0.29) is 70.4 Å². The van der Waals surface area contributed by atoms with E-state index in [1.54, 1.807) is 12.2 Å². The number of aliphatic hydroxyl groups is 3. The molecule has 3 saturated carbocycles. The second kappa shape index (κ2) is 16.4. The molecule has 2 bridgehead atoms. The molecule has 14 atom stereocenters. The number of allylic oxidation sites excluding steroid dienone is 4. The van der Waals surface area contributed by atoms with Crippen molar-refractivity contribution in [1.82, 2.24) is 0 Å². The van der Waals surface area contributed by atoms with E-state index in [1.807, 2.05) is 36.4 Å². The first-order chi connectivity index (χ1) is 26.2. The van der Waals surface area contributed by atoms with Crippen LogP contribution < -0.4 is 17.0 Å². The number of quaternary nitrogens is 1. The highest BCUT2D eigenvalue weighted by Gasteiger charge is 2.75. The molecule has 3 aliphatic heterocycles. The largest absolute Gasteiger partial charge is 1.00 e. The first-order valence-corrected chi connectivity index (χ1v) is 21.0. The van der Waals surface area contributed by atoms with E-state index in [9.17, 15) is 29.7 Å².